The van der Waals surface area contributed by atoms with E-state index in [4.69, 9.17) is 9.72 Å². The lowest BCUT2D eigenvalue weighted by Gasteiger charge is -2.11. The molecule has 0 aliphatic heterocycles. The van der Waals surface area contributed by atoms with Gasteiger partial charge in [-0.15, -0.1) is 10.2 Å². The van der Waals surface area contributed by atoms with Crippen LogP contribution < -0.4 is 5.32 Å². The average Bonchev–Trinajstić information content (AvgIpc) is 3.40. The van der Waals surface area contributed by atoms with Gasteiger partial charge >= 0.3 is 5.97 Å². The van der Waals surface area contributed by atoms with E-state index < -0.39 is 0 Å². The van der Waals surface area contributed by atoms with Crippen LogP contribution in [0.5, 0.6) is 0 Å². The van der Waals surface area contributed by atoms with Crippen LogP contribution in [-0.2, 0) is 9.53 Å². The normalized spacial score (nSPS) is 11.5. The van der Waals surface area contributed by atoms with E-state index in [1.54, 1.807) is 12.5 Å². The van der Waals surface area contributed by atoms with Gasteiger partial charge in [-0.3, -0.25) is 9.20 Å². The zero-order valence-corrected chi connectivity index (χ0v) is 18.1. The van der Waals surface area contributed by atoms with Gasteiger partial charge in [0, 0.05) is 31.0 Å². The summed E-state index contributed by atoms with van der Waals surface area (Å²) in [5.41, 5.74) is 3.50. The number of aromatic nitrogens is 6. The van der Waals surface area contributed by atoms with Crippen molar-refractivity contribution in [3.63, 3.8) is 0 Å². The van der Waals surface area contributed by atoms with Crippen LogP contribution in [-0.4, -0.2) is 47.8 Å². The predicted octanol–water partition coefficient (Wildman–Crippen LogP) is 3.70. The van der Waals surface area contributed by atoms with E-state index in [1.165, 1.54) is 0 Å². The van der Waals surface area contributed by atoms with Crippen molar-refractivity contribution in [2.24, 2.45) is 0 Å². The zero-order chi connectivity index (χ0) is 21.8. The number of carbonyl (C=O) groups is 1. The second-order valence-corrected chi connectivity index (χ2v) is 7.79. The molecule has 0 aliphatic rings. The molecule has 0 saturated heterocycles. The van der Waals surface area contributed by atoms with Crippen LogP contribution in [0.25, 0.3) is 22.4 Å². The maximum absolute atomic E-state index is 11.6. The number of nitrogens with one attached hydrogen (secondary N) is 1. The van der Waals surface area contributed by atoms with Gasteiger partial charge in [-0.05, 0) is 51.8 Å². The lowest BCUT2D eigenvalue weighted by Crippen LogP contribution is -2.11. The van der Waals surface area contributed by atoms with Crippen molar-refractivity contribution in [1.82, 2.24) is 29.1 Å². The first-order chi connectivity index (χ1) is 15.0. The number of imidazole rings is 1. The molecule has 0 spiro atoms. The van der Waals surface area contributed by atoms with Crippen molar-refractivity contribution >= 4 is 28.5 Å². The largest absolute Gasteiger partial charge is 0.463 e. The van der Waals surface area contributed by atoms with Gasteiger partial charge in [0.05, 0.1) is 23.5 Å². The molecule has 162 valence electrons. The quantitative estimate of drug-likeness (QED) is 0.325. The molecule has 0 bridgehead atoms. The molecule has 1 N–H and O–H groups in total. The fourth-order valence-electron chi connectivity index (χ4n) is 3.56. The summed E-state index contributed by atoms with van der Waals surface area (Å²) in [5, 5.41) is 12.0. The second kappa shape index (κ2) is 9.11. The Kier molecular flexibility index (Phi) is 6.11. The first-order valence-electron chi connectivity index (χ1n) is 10.6. The summed E-state index contributed by atoms with van der Waals surface area (Å²) in [7, 11) is 0. The number of hydrogen-bond donors (Lipinski definition) is 1. The Hall–Kier alpha value is -3.49. The Labute approximate surface area is 180 Å². The molecule has 0 atom stereocenters. The number of hydrogen-bond acceptors (Lipinski definition) is 7. The lowest BCUT2D eigenvalue weighted by atomic mass is 10.2. The van der Waals surface area contributed by atoms with E-state index in [-0.39, 0.29) is 12.1 Å². The Bertz CT molecular complexity index is 1180. The highest BCUT2D eigenvalue weighted by Gasteiger charge is 2.13. The zero-order valence-electron chi connectivity index (χ0n) is 18.1. The third kappa shape index (κ3) is 4.65. The third-order valence-corrected chi connectivity index (χ3v) is 4.99. The monoisotopic (exact) mass is 421 g/mol. The van der Waals surface area contributed by atoms with Gasteiger partial charge in [0.2, 0.25) is 5.65 Å². The number of ether oxygens (including phenoxy) is 1. The minimum absolute atomic E-state index is 0.0588. The number of rotatable bonds is 9. The summed E-state index contributed by atoms with van der Waals surface area (Å²) in [6.07, 6.45) is 8.48. The fraction of sp³-hybridized carbons (Fsp3) is 0.409. The number of carbonyl (C=O) groups excluding carboxylic acids is 1. The molecule has 0 unspecified atom stereocenters. The molecule has 4 rings (SSSR count). The average molecular weight is 422 g/mol. The van der Waals surface area contributed by atoms with Crippen LogP contribution in [0.4, 0.5) is 5.82 Å². The van der Waals surface area contributed by atoms with Gasteiger partial charge in [0.15, 0.2) is 5.82 Å². The minimum atomic E-state index is -0.131. The molecule has 0 aliphatic carbocycles. The Balaban J connectivity index is 1.47. The SMILES string of the molecule is Cc1nnc2c(NCCCCCC(=O)OC(C)C)nc3cc(-n4ccnc4)ccc3n12. The molecule has 3 aromatic heterocycles. The van der Waals surface area contributed by atoms with Crippen LogP contribution in [0, 0.1) is 6.92 Å². The summed E-state index contributed by atoms with van der Waals surface area (Å²) in [4.78, 5) is 20.6. The van der Waals surface area contributed by atoms with Gasteiger partial charge in [0.25, 0.3) is 0 Å². The van der Waals surface area contributed by atoms with Crippen molar-refractivity contribution in [3.05, 3.63) is 42.7 Å². The van der Waals surface area contributed by atoms with E-state index in [1.807, 2.05) is 54.1 Å². The highest BCUT2D eigenvalue weighted by atomic mass is 16.5. The molecule has 31 heavy (non-hydrogen) atoms. The molecule has 9 heteroatoms. The summed E-state index contributed by atoms with van der Waals surface area (Å²) in [5.74, 6) is 1.38. The maximum Gasteiger partial charge on any atom is 0.306 e. The number of benzene rings is 1. The van der Waals surface area contributed by atoms with Gasteiger partial charge in [0.1, 0.15) is 5.82 Å². The van der Waals surface area contributed by atoms with E-state index >= 15 is 0 Å². The van der Waals surface area contributed by atoms with Crippen molar-refractivity contribution in [3.8, 4) is 5.69 Å². The van der Waals surface area contributed by atoms with Crippen LogP contribution in [0.3, 0.4) is 0 Å². The first kappa shape index (κ1) is 20.8. The maximum atomic E-state index is 11.6. The highest BCUT2D eigenvalue weighted by molar-refractivity contribution is 5.84. The van der Waals surface area contributed by atoms with Gasteiger partial charge in [-0.1, -0.05) is 6.42 Å². The van der Waals surface area contributed by atoms with E-state index in [0.717, 1.165) is 48.4 Å². The molecule has 1 aromatic carbocycles. The van der Waals surface area contributed by atoms with Crippen LogP contribution >= 0.6 is 0 Å². The second-order valence-electron chi connectivity index (χ2n) is 7.79. The van der Waals surface area contributed by atoms with Crippen molar-refractivity contribution < 1.29 is 9.53 Å². The molecular formula is C22H27N7O2. The summed E-state index contributed by atoms with van der Waals surface area (Å²) in [6.45, 7) is 6.40. The van der Waals surface area contributed by atoms with Crippen LogP contribution in [0.15, 0.2) is 36.9 Å². The number of fused-ring (bicyclic) bond motifs is 3. The third-order valence-electron chi connectivity index (χ3n) is 4.99. The summed E-state index contributed by atoms with van der Waals surface area (Å²) >= 11 is 0. The molecule has 9 nitrogen and oxygen atoms in total. The molecule has 0 saturated carbocycles. The molecular weight excluding hydrogens is 394 g/mol. The number of unbranched alkanes of at least 4 members (excludes halogenated alkanes) is 2. The van der Waals surface area contributed by atoms with Gasteiger partial charge in [-0.2, -0.15) is 0 Å². The van der Waals surface area contributed by atoms with Crippen LogP contribution in [0.1, 0.15) is 45.4 Å². The fourth-order valence-corrected chi connectivity index (χ4v) is 3.56. The molecule has 0 amide bonds. The number of nitrogens with zero attached hydrogens (tertiary/aromatic N) is 6. The number of anilines is 1. The Morgan fingerprint density at radius 2 is 2.06 bits per heavy atom. The highest BCUT2D eigenvalue weighted by Crippen LogP contribution is 2.24. The molecule has 0 fully saturated rings. The smallest absolute Gasteiger partial charge is 0.306 e. The Morgan fingerprint density at radius 3 is 2.84 bits per heavy atom. The van der Waals surface area contributed by atoms with Crippen molar-refractivity contribution in [2.75, 3.05) is 11.9 Å². The van der Waals surface area contributed by atoms with Gasteiger partial charge < -0.3 is 14.6 Å². The number of esters is 1. The number of aryl methyl sites for hydroxylation is 1. The summed E-state index contributed by atoms with van der Waals surface area (Å²) < 4.78 is 9.13. The predicted molar refractivity (Wildman–Crippen MR) is 118 cm³/mol. The first-order valence-corrected chi connectivity index (χ1v) is 10.6. The van der Waals surface area contributed by atoms with Crippen LogP contribution in [0.2, 0.25) is 0 Å². The van der Waals surface area contributed by atoms with Crippen molar-refractivity contribution in [1.29, 1.82) is 0 Å². The Morgan fingerprint density at radius 1 is 1.19 bits per heavy atom. The minimum Gasteiger partial charge on any atom is -0.463 e. The van der Waals surface area contributed by atoms with E-state index in [2.05, 4.69) is 20.5 Å². The van der Waals surface area contributed by atoms with Gasteiger partial charge in [-0.25, -0.2) is 9.97 Å². The molecule has 0 radical (unpaired) electrons. The summed E-state index contributed by atoms with van der Waals surface area (Å²) in [6, 6.07) is 6.09. The van der Waals surface area contributed by atoms with E-state index in [0.29, 0.717) is 17.9 Å². The standard InChI is InChI=1S/C22H27N7O2/c1-15(2)31-20(30)7-5-4-6-10-24-21-22-27-26-16(3)29(22)19-9-8-17(13-18(19)25-21)28-12-11-23-14-28/h8-9,11-15H,4-7,10H2,1-3H3,(H,24,25). The topological polar surface area (TPSA) is 99.2 Å². The van der Waals surface area contributed by atoms with E-state index in [9.17, 15) is 4.79 Å². The molecule has 4 aromatic rings. The molecule has 3 heterocycles. The lowest BCUT2D eigenvalue weighted by molar-refractivity contribution is -0.147. The van der Waals surface area contributed by atoms with Crippen molar-refractivity contribution in [2.45, 2.75) is 52.6 Å².